The van der Waals surface area contributed by atoms with Gasteiger partial charge >= 0.3 is 0 Å². The van der Waals surface area contributed by atoms with E-state index in [4.69, 9.17) is 15.4 Å². The molecule has 0 radical (unpaired) electrons. The van der Waals surface area contributed by atoms with Crippen molar-refractivity contribution in [3.63, 3.8) is 0 Å². The average Bonchev–Trinajstić information content (AvgIpc) is 2.51. The molecule has 1 aromatic rings. The van der Waals surface area contributed by atoms with E-state index in [0.29, 0.717) is 11.7 Å². The zero-order valence-corrected chi connectivity index (χ0v) is 6.85. The third kappa shape index (κ3) is 1.47. The lowest BCUT2D eigenvalue weighted by Gasteiger charge is -2.03. The van der Waals surface area contributed by atoms with Gasteiger partial charge in [-0.25, -0.2) is 0 Å². The third-order valence-electron chi connectivity index (χ3n) is 1.24. The van der Waals surface area contributed by atoms with Crippen LogP contribution in [0, 0.1) is 0 Å². The first-order valence-corrected chi connectivity index (χ1v) is 3.26. The van der Waals surface area contributed by atoms with E-state index in [1.807, 2.05) is 0 Å². The Bertz CT molecular complexity index is 291. The Hall–Kier alpha value is -1.72. The van der Waals surface area contributed by atoms with Crippen molar-refractivity contribution >= 4 is 11.9 Å². The minimum Gasteiger partial charge on any atom is -0.431 e. The van der Waals surface area contributed by atoms with Crippen LogP contribution in [0.3, 0.4) is 0 Å². The van der Waals surface area contributed by atoms with Gasteiger partial charge < -0.3 is 20.3 Å². The Labute approximate surface area is 69.3 Å². The van der Waals surface area contributed by atoms with E-state index in [-0.39, 0.29) is 5.84 Å². The summed E-state index contributed by atoms with van der Waals surface area (Å²) in [4.78, 5) is 5.60. The smallest absolute Gasteiger partial charge is 0.297 e. The predicted molar refractivity (Wildman–Crippen MR) is 43.3 cm³/mol. The van der Waals surface area contributed by atoms with Crippen LogP contribution in [0.5, 0.6) is 0 Å². The molecule has 6 nitrogen and oxygen atoms in total. The molecular weight excluding hydrogens is 160 g/mol. The van der Waals surface area contributed by atoms with Crippen LogP contribution in [0.4, 0.5) is 6.01 Å². The van der Waals surface area contributed by atoms with Gasteiger partial charge in [-0.15, -0.1) is 0 Å². The Morgan fingerprint density at radius 3 is 2.83 bits per heavy atom. The van der Waals surface area contributed by atoms with E-state index >= 15 is 0 Å². The summed E-state index contributed by atoms with van der Waals surface area (Å²) < 4.78 is 4.99. The van der Waals surface area contributed by atoms with Crippen LogP contribution in [-0.4, -0.2) is 30.1 Å². The maximum absolute atomic E-state index is 8.30. The van der Waals surface area contributed by atoms with Crippen molar-refractivity contribution in [1.29, 1.82) is 0 Å². The Balaban J connectivity index is 2.92. The summed E-state index contributed by atoms with van der Waals surface area (Å²) in [5.41, 5.74) is 5.59. The Morgan fingerprint density at radius 1 is 1.75 bits per heavy atom. The number of oxazole rings is 1. The number of nitrogens with zero attached hydrogens (tertiary/aromatic N) is 3. The van der Waals surface area contributed by atoms with Crippen molar-refractivity contribution in [3.05, 3.63) is 12.0 Å². The van der Waals surface area contributed by atoms with Crippen molar-refractivity contribution in [3.8, 4) is 0 Å². The molecule has 1 aromatic heterocycles. The van der Waals surface area contributed by atoms with Crippen molar-refractivity contribution in [2.24, 2.45) is 10.9 Å². The van der Waals surface area contributed by atoms with E-state index in [2.05, 4.69) is 10.1 Å². The molecule has 0 saturated heterocycles. The van der Waals surface area contributed by atoms with Gasteiger partial charge in [0.05, 0.1) is 0 Å². The van der Waals surface area contributed by atoms with E-state index in [0.717, 1.165) is 0 Å². The lowest BCUT2D eigenvalue weighted by Crippen LogP contribution is -2.14. The summed E-state index contributed by atoms with van der Waals surface area (Å²) in [7, 11) is 3.56. The van der Waals surface area contributed by atoms with Gasteiger partial charge in [-0.1, -0.05) is 5.16 Å². The maximum Gasteiger partial charge on any atom is 0.297 e. The molecule has 0 aliphatic carbocycles. The summed E-state index contributed by atoms with van der Waals surface area (Å²) >= 11 is 0. The molecule has 0 spiro atoms. The van der Waals surface area contributed by atoms with Gasteiger partial charge in [-0.05, 0) is 0 Å². The molecule has 0 saturated carbocycles. The van der Waals surface area contributed by atoms with Crippen LogP contribution >= 0.6 is 0 Å². The van der Waals surface area contributed by atoms with Gasteiger partial charge in [0.15, 0.2) is 5.84 Å². The number of oxime groups is 1. The second-order valence-corrected chi connectivity index (χ2v) is 2.39. The van der Waals surface area contributed by atoms with Gasteiger partial charge in [0.2, 0.25) is 0 Å². The van der Waals surface area contributed by atoms with Crippen molar-refractivity contribution in [2.45, 2.75) is 0 Å². The van der Waals surface area contributed by atoms with E-state index in [9.17, 15) is 0 Å². The lowest BCUT2D eigenvalue weighted by molar-refractivity contribution is 0.318. The summed E-state index contributed by atoms with van der Waals surface area (Å²) in [6, 6.07) is 0.414. The van der Waals surface area contributed by atoms with Crippen LogP contribution in [0.2, 0.25) is 0 Å². The second kappa shape index (κ2) is 3.12. The Morgan fingerprint density at radius 2 is 2.42 bits per heavy atom. The normalized spacial score (nSPS) is 11.7. The predicted octanol–water partition coefficient (Wildman–Crippen LogP) is -0.165. The van der Waals surface area contributed by atoms with E-state index < -0.39 is 0 Å². The number of rotatable bonds is 2. The number of hydrogen-bond acceptors (Lipinski definition) is 5. The highest BCUT2D eigenvalue weighted by Gasteiger charge is 2.08. The molecule has 0 aliphatic heterocycles. The largest absolute Gasteiger partial charge is 0.431 e. The molecule has 6 heteroatoms. The van der Waals surface area contributed by atoms with E-state index in [1.165, 1.54) is 6.26 Å². The zero-order valence-electron chi connectivity index (χ0n) is 6.85. The molecule has 0 atom stereocenters. The summed E-state index contributed by atoms with van der Waals surface area (Å²) in [6.07, 6.45) is 1.32. The van der Waals surface area contributed by atoms with Crippen LogP contribution in [0.1, 0.15) is 5.69 Å². The molecule has 0 amide bonds. The topological polar surface area (TPSA) is 87.9 Å². The van der Waals surface area contributed by atoms with Gasteiger partial charge in [-0.2, -0.15) is 4.98 Å². The van der Waals surface area contributed by atoms with Crippen LogP contribution in [-0.2, 0) is 0 Å². The fraction of sp³-hybridized carbons (Fsp3) is 0.333. The number of hydrogen-bond donors (Lipinski definition) is 2. The number of amidine groups is 1. The van der Waals surface area contributed by atoms with Gasteiger partial charge in [0.25, 0.3) is 6.01 Å². The molecule has 0 unspecified atom stereocenters. The first kappa shape index (κ1) is 8.38. The Kier molecular flexibility index (Phi) is 2.18. The van der Waals surface area contributed by atoms with Crippen molar-refractivity contribution in [1.82, 2.24) is 4.98 Å². The highest BCUT2D eigenvalue weighted by molar-refractivity contribution is 5.95. The van der Waals surface area contributed by atoms with Gasteiger partial charge in [0.1, 0.15) is 12.0 Å². The SMILES string of the molecule is CN(C)c1nc(/C(N)=N\O)co1. The average molecular weight is 170 g/mol. The van der Waals surface area contributed by atoms with Crippen LogP contribution < -0.4 is 10.6 Å². The van der Waals surface area contributed by atoms with E-state index in [1.54, 1.807) is 19.0 Å². The molecule has 12 heavy (non-hydrogen) atoms. The molecule has 1 heterocycles. The molecule has 1 rings (SSSR count). The number of aromatic nitrogens is 1. The van der Waals surface area contributed by atoms with Crippen molar-refractivity contribution in [2.75, 3.05) is 19.0 Å². The fourth-order valence-corrected chi connectivity index (χ4v) is 0.639. The lowest BCUT2D eigenvalue weighted by atomic mass is 10.5. The minimum atomic E-state index is -0.0631. The molecule has 0 bridgehead atoms. The number of nitrogens with two attached hydrogens (primary N) is 1. The standard InChI is InChI=1S/C6H10N4O2/c1-10(2)6-8-4(3-12-6)5(7)9-11/h3,11H,1-2H3,(H2,7,9). The second-order valence-electron chi connectivity index (χ2n) is 2.39. The van der Waals surface area contributed by atoms with Gasteiger partial charge in [-0.3, -0.25) is 0 Å². The first-order valence-electron chi connectivity index (χ1n) is 3.26. The molecular formula is C6H10N4O2. The fourth-order valence-electron chi connectivity index (χ4n) is 0.639. The molecule has 0 fully saturated rings. The summed E-state index contributed by atoms with van der Waals surface area (Å²) in [6.45, 7) is 0. The molecule has 0 aliphatic rings. The molecule has 3 N–H and O–H groups in total. The molecule has 0 aromatic carbocycles. The van der Waals surface area contributed by atoms with Crippen LogP contribution in [0.25, 0.3) is 0 Å². The monoisotopic (exact) mass is 170 g/mol. The highest BCUT2D eigenvalue weighted by Crippen LogP contribution is 2.09. The molecule has 66 valence electrons. The van der Waals surface area contributed by atoms with Crippen molar-refractivity contribution < 1.29 is 9.62 Å². The van der Waals surface area contributed by atoms with Gasteiger partial charge in [0, 0.05) is 14.1 Å². The zero-order chi connectivity index (χ0) is 9.14. The minimum absolute atomic E-state index is 0.0631. The first-order chi connectivity index (χ1) is 5.65. The summed E-state index contributed by atoms with van der Waals surface area (Å²) in [5.74, 6) is -0.0631. The van der Waals surface area contributed by atoms with Crippen LogP contribution in [0.15, 0.2) is 15.8 Å². The summed E-state index contributed by atoms with van der Waals surface area (Å²) in [5, 5.41) is 11.1. The highest BCUT2D eigenvalue weighted by atomic mass is 16.4. The maximum atomic E-state index is 8.30. The third-order valence-corrected chi connectivity index (χ3v) is 1.24. The number of anilines is 1. The quantitative estimate of drug-likeness (QED) is 0.278.